The second kappa shape index (κ2) is 8.07. The summed E-state index contributed by atoms with van der Waals surface area (Å²) in [4.78, 5) is 21.6. The Morgan fingerprint density at radius 3 is 1.84 bits per heavy atom. The SMILES string of the molecule is COc1cc(N(C)C)ccc1C1(c2ccc(N(C)C)cc2OC)OC(=O)c2cccnc21. The number of carbonyl (C=O) groups is 1. The maximum atomic E-state index is 13.0. The highest BCUT2D eigenvalue weighted by Crippen LogP contribution is 2.52. The van der Waals surface area contributed by atoms with E-state index >= 15 is 0 Å². The fraction of sp³-hybridized carbons (Fsp3) is 0.280. The van der Waals surface area contributed by atoms with Gasteiger partial charge in [0.2, 0.25) is 5.60 Å². The molecule has 0 fully saturated rings. The van der Waals surface area contributed by atoms with E-state index in [-0.39, 0.29) is 0 Å². The number of hydrogen-bond donors (Lipinski definition) is 0. The summed E-state index contributed by atoms with van der Waals surface area (Å²) in [6, 6.07) is 15.1. The smallest absolute Gasteiger partial charge is 0.341 e. The van der Waals surface area contributed by atoms with Crippen LogP contribution in [0.5, 0.6) is 11.5 Å². The normalized spacial score (nSPS) is 13.9. The Bertz CT molecular complexity index is 1110. The van der Waals surface area contributed by atoms with Crippen molar-refractivity contribution in [3.05, 3.63) is 77.1 Å². The van der Waals surface area contributed by atoms with Crippen LogP contribution >= 0.6 is 0 Å². The number of anilines is 2. The van der Waals surface area contributed by atoms with Crippen LogP contribution in [0.2, 0.25) is 0 Å². The summed E-state index contributed by atoms with van der Waals surface area (Å²) in [5, 5.41) is 0. The van der Waals surface area contributed by atoms with Gasteiger partial charge in [0.05, 0.1) is 19.8 Å². The van der Waals surface area contributed by atoms with Crippen molar-refractivity contribution in [1.82, 2.24) is 4.98 Å². The number of esters is 1. The predicted molar refractivity (Wildman–Crippen MR) is 124 cm³/mol. The summed E-state index contributed by atoms with van der Waals surface area (Å²) in [5.41, 5.74) is 2.88. The van der Waals surface area contributed by atoms with Gasteiger partial charge in [0.25, 0.3) is 0 Å². The highest BCUT2D eigenvalue weighted by Gasteiger charge is 2.53. The molecular weight excluding hydrogens is 406 g/mol. The summed E-state index contributed by atoms with van der Waals surface area (Å²) in [7, 11) is 11.0. The Kier molecular flexibility index (Phi) is 5.42. The number of ether oxygens (including phenoxy) is 3. The Morgan fingerprint density at radius 1 is 0.844 bits per heavy atom. The summed E-state index contributed by atoms with van der Waals surface area (Å²) < 4.78 is 17.8. The van der Waals surface area contributed by atoms with Crippen LogP contribution in [0.3, 0.4) is 0 Å². The third kappa shape index (κ3) is 3.21. The molecule has 7 heteroatoms. The van der Waals surface area contributed by atoms with Crippen molar-refractivity contribution >= 4 is 17.3 Å². The zero-order valence-corrected chi connectivity index (χ0v) is 19.2. The molecule has 1 aliphatic rings. The second-order valence-electron chi connectivity index (χ2n) is 8.03. The van der Waals surface area contributed by atoms with Gasteiger partial charge in [-0.25, -0.2) is 4.79 Å². The summed E-state index contributed by atoms with van der Waals surface area (Å²) in [6.45, 7) is 0. The summed E-state index contributed by atoms with van der Waals surface area (Å²) in [5.74, 6) is 0.730. The Morgan fingerprint density at radius 2 is 1.38 bits per heavy atom. The molecule has 0 aliphatic carbocycles. The second-order valence-corrected chi connectivity index (χ2v) is 8.03. The Hall–Kier alpha value is -3.74. The number of aromatic nitrogens is 1. The molecule has 4 rings (SSSR count). The molecule has 0 N–H and O–H groups in total. The van der Waals surface area contributed by atoms with Crippen molar-refractivity contribution < 1.29 is 19.0 Å². The summed E-state index contributed by atoms with van der Waals surface area (Å²) in [6.07, 6.45) is 1.66. The number of benzene rings is 2. The first kappa shape index (κ1) is 21.5. The lowest BCUT2D eigenvalue weighted by Gasteiger charge is -2.32. The highest BCUT2D eigenvalue weighted by atomic mass is 16.6. The van der Waals surface area contributed by atoms with Gasteiger partial charge >= 0.3 is 5.97 Å². The van der Waals surface area contributed by atoms with Crippen molar-refractivity contribution in [2.75, 3.05) is 52.2 Å². The molecule has 7 nitrogen and oxygen atoms in total. The molecule has 32 heavy (non-hydrogen) atoms. The van der Waals surface area contributed by atoms with Gasteiger partial charge in [0, 0.05) is 69.0 Å². The standard InChI is InChI=1S/C25H27N3O4/c1-27(2)16-9-11-19(21(14-16)30-5)25(23-18(24(29)32-25)8-7-13-26-23)20-12-10-17(28(3)4)15-22(20)31-6/h7-15H,1-6H3. The van der Waals surface area contributed by atoms with Crippen molar-refractivity contribution in [2.24, 2.45) is 0 Å². The molecule has 0 unspecified atom stereocenters. The molecule has 0 amide bonds. The predicted octanol–water partition coefficient (Wildman–Crippen LogP) is 3.69. The Balaban J connectivity index is 2.08. The number of cyclic esters (lactones) is 1. The minimum atomic E-state index is -1.32. The van der Waals surface area contributed by atoms with Crippen LogP contribution in [-0.2, 0) is 10.3 Å². The lowest BCUT2D eigenvalue weighted by molar-refractivity contribution is 0.0230. The molecule has 0 saturated carbocycles. The number of rotatable bonds is 6. The van der Waals surface area contributed by atoms with Gasteiger partial charge < -0.3 is 24.0 Å². The fourth-order valence-corrected chi connectivity index (χ4v) is 4.10. The molecular formula is C25H27N3O4. The lowest BCUT2D eigenvalue weighted by Crippen LogP contribution is -2.32. The molecule has 0 spiro atoms. The molecule has 0 bridgehead atoms. The average molecular weight is 434 g/mol. The third-order valence-electron chi connectivity index (χ3n) is 5.77. The van der Waals surface area contributed by atoms with E-state index < -0.39 is 11.6 Å². The highest BCUT2D eigenvalue weighted by molar-refractivity contribution is 5.96. The van der Waals surface area contributed by atoms with Gasteiger partial charge in [0.1, 0.15) is 17.2 Å². The van der Waals surface area contributed by atoms with Gasteiger partial charge in [-0.05, 0) is 36.4 Å². The zero-order chi connectivity index (χ0) is 23.0. The fourth-order valence-electron chi connectivity index (χ4n) is 4.10. The first-order chi connectivity index (χ1) is 15.3. The average Bonchev–Trinajstić information content (AvgIpc) is 3.11. The number of fused-ring (bicyclic) bond motifs is 1. The van der Waals surface area contributed by atoms with E-state index in [0.717, 1.165) is 11.4 Å². The third-order valence-corrected chi connectivity index (χ3v) is 5.77. The van der Waals surface area contributed by atoms with Crippen LogP contribution in [0.1, 0.15) is 27.2 Å². The van der Waals surface area contributed by atoms with Crippen LogP contribution in [-0.4, -0.2) is 53.4 Å². The van der Waals surface area contributed by atoms with E-state index in [1.165, 1.54) is 0 Å². The van der Waals surface area contributed by atoms with Crippen LogP contribution in [0.25, 0.3) is 0 Å². The van der Waals surface area contributed by atoms with E-state index in [1.54, 1.807) is 32.5 Å². The number of nitrogens with zero attached hydrogens (tertiary/aromatic N) is 3. The van der Waals surface area contributed by atoms with E-state index in [0.29, 0.717) is 33.9 Å². The van der Waals surface area contributed by atoms with E-state index in [4.69, 9.17) is 14.2 Å². The van der Waals surface area contributed by atoms with Gasteiger partial charge in [-0.1, -0.05) is 0 Å². The van der Waals surface area contributed by atoms with Gasteiger partial charge in [-0.2, -0.15) is 0 Å². The molecule has 2 aromatic carbocycles. The summed E-state index contributed by atoms with van der Waals surface area (Å²) >= 11 is 0. The van der Waals surface area contributed by atoms with E-state index in [1.807, 2.05) is 74.4 Å². The van der Waals surface area contributed by atoms with Crippen molar-refractivity contribution in [2.45, 2.75) is 5.60 Å². The first-order valence-electron chi connectivity index (χ1n) is 10.2. The van der Waals surface area contributed by atoms with Gasteiger partial charge in [0.15, 0.2) is 0 Å². The largest absolute Gasteiger partial charge is 0.496 e. The van der Waals surface area contributed by atoms with Crippen LogP contribution in [0.15, 0.2) is 54.7 Å². The monoisotopic (exact) mass is 433 g/mol. The minimum Gasteiger partial charge on any atom is -0.496 e. The zero-order valence-electron chi connectivity index (χ0n) is 19.2. The van der Waals surface area contributed by atoms with Crippen molar-refractivity contribution in [3.63, 3.8) is 0 Å². The lowest BCUT2D eigenvalue weighted by atomic mass is 9.81. The van der Waals surface area contributed by atoms with Crippen LogP contribution < -0.4 is 19.3 Å². The molecule has 166 valence electrons. The van der Waals surface area contributed by atoms with E-state index in [2.05, 4.69) is 4.98 Å². The maximum Gasteiger partial charge on any atom is 0.341 e. The van der Waals surface area contributed by atoms with Crippen molar-refractivity contribution in [3.8, 4) is 11.5 Å². The number of carbonyl (C=O) groups excluding carboxylic acids is 1. The molecule has 1 aromatic heterocycles. The van der Waals surface area contributed by atoms with Crippen LogP contribution in [0, 0.1) is 0 Å². The minimum absolute atomic E-state index is 0.421. The topological polar surface area (TPSA) is 64.1 Å². The van der Waals surface area contributed by atoms with Crippen molar-refractivity contribution in [1.29, 1.82) is 0 Å². The molecule has 1 aliphatic heterocycles. The quantitative estimate of drug-likeness (QED) is 0.549. The molecule has 0 atom stereocenters. The number of hydrogen-bond acceptors (Lipinski definition) is 7. The maximum absolute atomic E-state index is 13.0. The van der Waals surface area contributed by atoms with Gasteiger partial charge in [-0.3, -0.25) is 4.98 Å². The number of pyridine rings is 1. The Labute approximate surface area is 188 Å². The molecule has 0 radical (unpaired) electrons. The van der Waals surface area contributed by atoms with Crippen LogP contribution in [0.4, 0.5) is 11.4 Å². The first-order valence-corrected chi connectivity index (χ1v) is 10.2. The van der Waals surface area contributed by atoms with E-state index in [9.17, 15) is 4.79 Å². The molecule has 2 heterocycles. The number of methoxy groups -OCH3 is 2. The van der Waals surface area contributed by atoms with Gasteiger partial charge in [-0.15, -0.1) is 0 Å². The molecule has 3 aromatic rings. The molecule has 0 saturated heterocycles.